The first kappa shape index (κ1) is 23.8. The molecule has 182 valence electrons. The molecule has 2 aromatic heterocycles. The van der Waals surface area contributed by atoms with E-state index in [2.05, 4.69) is 19.7 Å². The molecule has 1 amide bonds. The number of piperazine rings is 1. The van der Waals surface area contributed by atoms with Crippen LogP contribution < -0.4 is 4.74 Å². The summed E-state index contributed by atoms with van der Waals surface area (Å²) in [5, 5.41) is 3.75. The summed E-state index contributed by atoms with van der Waals surface area (Å²) in [6.45, 7) is 4.92. The van der Waals surface area contributed by atoms with Crippen LogP contribution in [0, 0.1) is 0 Å². The normalized spacial score (nSPS) is 15.7. The molecule has 0 spiro atoms. The third-order valence-corrected chi connectivity index (χ3v) is 5.48. The summed E-state index contributed by atoms with van der Waals surface area (Å²) in [4.78, 5) is 21.0. The number of alkyl halides is 6. The van der Waals surface area contributed by atoms with Crippen molar-refractivity contribution in [2.45, 2.75) is 19.5 Å². The Bertz CT molecular complexity index is 1180. The molecular weight excluding hydrogens is 468 g/mol. The van der Waals surface area contributed by atoms with Gasteiger partial charge < -0.3 is 14.5 Å². The molecule has 3 heterocycles. The molecule has 0 unspecified atom stereocenters. The van der Waals surface area contributed by atoms with Gasteiger partial charge in [-0.25, -0.2) is 9.50 Å². The van der Waals surface area contributed by atoms with Gasteiger partial charge in [-0.05, 0) is 36.9 Å². The fraction of sp³-hybridized carbons (Fsp3) is 0.381. The molecule has 0 bridgehead atoms. The average Bonchev–Trinajstić information content (AvgIpc) is 3.20. The average molecular weight is 487 g/mol. The van der Waals surface area contributed by atoms with Crippen molar-refractivity contribution in [2.24, 2.45) is 0 Å². The van der Waals surface area contributed by atoms with E-state index >= 15 is 0 Å². The van der Waals surface area contributed by atoms with Crippen LogP contribution in [-0.4, -0.2) is 69.4 Å². The molecule has 34 heavy (non-hydrogen) atoms. The maximum Gasteiger partial charge on any atom is 0.573 e. The minimum Gasteiger partial charge on any atom is -0.406 e. The lowest BCUT2D eigenvalue weighted by Crippen LogP contribution is -2.48. The summed E-state index contributed by atoms with van der Waals surface area (Å²) in [7, 11) is 0. The van der Waals surface area contributed by atoms with Crippen molar-refractivity contribution in [2.75, 3.05) is 32.7 Å². The van der Waals surface area contributed by atoms with Gasteiger partial charge in [0.25, 0.3) is 5.91 Å². The number of carbonyl (C=O) groups is 1. The lowest BCUT2D eigenvalue weighted by molar-refractivity contribution is -0.274. The standard InChI is InChI=1S/C21H19F6N5O2/c1-2-30-7-9-31(10-8-30)19(33)15-12-28-32-17(20(22,23)24)11-16(29-18(15)32)13-3-5-14(6-4-13)34-21(25,26)27/h3-6,11-12H,2,7-10H2,1H3. The molecule has 13 heteroatoms. The second-order valence-corrected chi connectivity index (χ2v) is 7.62. The van der Waals surface area contributed by atoms with Crippen LogP contribution in [0.3, 0.4) is 0 Å². The number of ether oxygens (including phenoxy) is 1. The molecule has 1 saturated heterocycles. The lowest BCUT2D eigenvalue weighted by atomic mass is 10.1. The van der Waals surface area contributed by atoms with E-state index in [1.807, 2.05) is 6.92 Å². The largest absolute Gasteiger partial charge is 0.573 e. The van der Waals surface area contributed by atoms with E-state index in [1.165, 1.54) is 4.90 Å². The molecule has 3 aromatic rings. The molecule has 1 aromatic carbocycles. The highest BCUT2D eigenvalue weighted by molar-refractivity contribution is 6.00. The summed E-state index contributed by atoms with van der Waals surface area (Å²) in [5.74, 6) is -1.02. The molecule has 1 aliphatic heterocycles. The van der Waals surface area contributed by atoms with Crippen LogP contribution in [0.25, 0.3) is 16.9 Å². The third kappa shape index (κ3) is 4.93. The van der Waals surface area contributed by atoms with Crippen LogP contribution >= 0.6 is 0 Å². The van der Waals surface area contributed by atoms with Crippen LogP contribution in [0.1, 0.15) is 23.0 Å². The van der Waals surface area contributed by atoms with Crippen molar-refractivity contribution in [1.82, 2.24) is 24.4 Å². The van der Waals surface area contributed by atoms with Gasteiger partial charge in [-0.15, -0.1) is 13.2 Å². The minimum atomic E-state index is -4.91. The highest BCUT2D eigenvalue weighted by atomic mass is 19.4. The minimum absolute atomic E-state index is 0.0886. The maximum atomic E-state index is 13.8. The van der Waals surface area contributed by atoms with Crippen LogP contribution in [-0.2, 0) is 6.18 Å². The predicted molar refractivity (Wildman–Crippen MR) is 108 cm³/mol. The van der Waals surface area contributed by atoms with Crippen LogP contribution in [0.15, 0.2) is 36.5 Å². The fourth-order valence-corrected chi connectivity index (χ4v) is 3.73. The predicted octanol–water partition coefficient (Wildman–Crippen LogP) is 4.09. The van der Waals surface area contributed by atoms with E-state index in [9.17, 15) is 31.1 Å². The molecule has 0 atom stereocenters. The first-order valence-corrected chi connectivity index (χ1v) is 10.3. The number of halogens is 6. The van der Waals surface area contributed by atoms with E-state index in [0.29, 0.717) is 30.7 Å². The molecule has 4 rings (SSSR count). The summed E-state index contributed by atoms with van der Waals surface area (Å²) in [5.41, 5.74) is -1.61. The molecule has 1 aliphatic rings. The number of nitrogens with zero attached hydrogens (tertiary/aromatic N) is 5. The van der Waals surface area contributed by atoms with Gasteiger partial charge in [0.15, 0.2) is 11.3 Å². The van der Waals surface area contributed by atoms with Crippen molar-refractivity contribution in [3.63, 3.8) is 0 Å². The van der Waals surface area contributed by atoms with Gasteiger partial charge in [-0.1, -0.05) is 6.92 Å². The summed E-state index contributed by atoms with van der Waals surface area (Å²) < 4.78 is 82.9. The zero-order valence-corrected chi connectivity index (χ0v) is 17.8. The lowest BCUT2D eigenvalue weighted by Gasteiger charge is -2.33. The topological polar surface area (TPSA) is 63.0 Å². The molecule has 0 radical (unpaired) electrons. The second-order valence-electron chi connectivity index (χ2n) is 7.62. The first-order chi connectivity index (χ1) is 16.0. The van der Waals surface area contributed by atoms with Crippen molar-refractivity contribution in [3.8, 4) is 17.0 Å². The van der Waals surface area contributed by atoms with E-state index < -0.39 is 29.9 Å². The number of fused-ring (bicyclic) bond motifs is 1. The maximum absolute atomic E-state index is 13.8. The molecule has 0 N–H and O–H groups in total. The summed E-state index contributed by atoms with van der Waals surface area (Å²) >= 11 is 0. The molecule has 0 saturated carbocycles. The van der Waals surface area contributed by atoms with Crippen molar-refractivity contribution in [3.05, 3.63) is 47.8 Å². The summed E-state index contributed by atoms with van der Waals surface area (Å²) in [6.07, 6.45) is -8.68. The van der Waals surface area contributed by atoms with E-state index in [0.717, 1.165) is 43.1 Å². The van der Waals surface area contributed by atoms with Gasteiger partial charge in [0.2, 0.25) is 0 Å². The number of hydrogen-bond acceptors (Lipinski definition) is 5. The Morgan fingerprint density at radius 1 is 1.03 bits per heavy atom. The molecule has 7 nitrogen and oxygen atoms in total. The molecular formula is C21H19F6N5O2. The van der Waals surface area contributed by atoms with Crippen LogP contribution in [0.5, 0.6) is 5.75 Å². The number of benzene rings is 1. The Labute approximate surface area is 189 Å². The van der Waals surface area contributed by atoms with Gasteiger partial charge in [0.1, 0.15) is 11.3 Å². The number of amides is 1. The van der Waals surface area contributed by atoms with E-state index in [1.54, 1.807) is 0 Å². The van der Waals surface area contributed by atoms with E-state index in [4.69, 9.17) is 0 Å². The smallest absolute Gasteiger partial charge is 0.406 e. The highest BCUT2D eigenvalue weighted by Crippen LogP contribution is 2.34. The Morgan fingerprint density at radius 3 is 2.24 bits per heavy atom. The monoisotopic (exact) mass is 487 g/mol. The quantitative estimate of drug-likeness (QED) is 0.519. The number of likely N-dealkylation sites (N-methyl/N-ethyl adjacent to an activating group) is 1. The Morgan fingerprint density at radius 2 is 1.68 bits per heavy atom. The van der Waals surface area contributed by atoms with Gasteiger partial charge in [0.05, 0.1) is 11.9 Å². The third-order valence-electron chi connectivity index (χ3n) is 5.48. The van der Waals surface area contributed by atoms with E-state index in [-0.39, 0.29) is 22.5 Å². The second kappa shape index (κ2) is 8.78. The number of carbonyl (C=O) groups excluding carboxylic acids is 1. The summed E-state index contributed by atoms with van der Waals surface area (Å²) in [6, 6.07) is 4.98. The fourth-order valence-electron chi connectivity index (χ4n) is 3.73. The number of rotatable bonds is 4. The van der Waals surface area contributed by atoms with Gasteiger partial charge in [-0.3, -0.25) is 4.79 Å². The molecule has 1 fully saturated rings. The van der Waals surface area contributed by atoms with Gasteiger partial charge in [-0.2, -0.15) is 18.3 Å². The van der Waals surface area contributed by atoms with Gasteiger partial charge in [0, 0.05) is 31.7 Å². The Hall–Kier alpha value is -3.35. The Kier molecular flexibility index (Phi) is 6.14. The zero-order valence-electron chi connectivity index (χ0n) is 17.8. The zero-order chi connectivity index (χ0) is 24.7. The van der Waals surface area contributed by atoms with Crippen LogP contribution in [0.2, 0.25) is 0 Å². The Balaban J connectivity index is 1.73. The number of aromatic nitrogens is 3. The van der Waals surface area contributed by atoms with Gasteiger partial charge >= 0.3 is 12.5 Å². The van der Waals surface area contributed by atoms with Crippen molar-refractivity contribution >= 4 is 11.6 Å². The number of hydrogen-bond donors (Lipinski definition) is 0. The molecule has 0 aliphatic carbocycles. The SMILES string of the molecule is CCN1CCN(C(=O)c2cnn3c(C(F)(F)F)cc(-c4ccc(OC(F)(F)F)cc4)nc23)CC1. The first-order valence-electron chi connectivity index (χ1n) is 10.3. The van der Waals surface area contributed by atoms with Crippen molar-refractivity contribution in [1.29, 1.82) is 0 Å². The van der Waals surface area contributed by atoms with Crippen LogP contribution in [0.4, 0.5) is 26.3 Å². The highest BCUT2D eigenvalue weighted by Gasteiger charge is 2.37. The van der Waals surface area contributed by atoms with Crippen molar-refractivity contribution < 1.29 is 35.9 Å².